The van der Waals surface area contributed by atoms with Gasteiger partial charge in [0.25, 0.3) is 0 Å². The quantitative estimate of drug-likeness (QED) is 0.894. The van der Waals surface area contributed by atoms with Crippen LogP contribution < -0.4 is 5.32 Å². The Morgan fingerprint density at radius 2 is 2.00 bits per heavy atom. The fourth-order valence-electron chi connectivity index (χ4n) is 2.25. The van der Waals surface area contributed by atoms with Crippen molar-refractivity contribution in [2.45, 2.75) is 40.2 Å². The zero-order valence-corrected chi connectivity index (χ0v) is 12.8. The number of nitrogens with one attached hydrogen (secondary N) is 1. The number of rotatable bonds is 4. The van der Waals surface area contributed by atoms with E-state index in [0.29, 0.717) is 5.92 Å². The standard InChI is InChI=1S/C16H21ClN2/c1-5-18-9-12-7-15(10(2)3)19-16-11(4)6-13(17)8-14(12)16/h6-8,10,18H,5,9H2,1-4H3. The number of nitrogens with zero attached hydrogens (tertiary/aromatic N) is 1. The third-order valence-electron chi connectivity index (χ3n) is 3.33. The maximum absolute atomic E-state index is 6.18. The molecule has 102 valence electrons. The van der Waals surface area contributed by atoms with Crippen LogP contribution >= 0.6 is 11.6 Å². The van der Waals surface area contributed by atoms with Crippen LogP contribution in [0.5, 0.6) is 0 Å². The molecular weight excluding hydrogens is 256 g/mol. The highest BCUT2D eigenvalue weighted by Crippen LogP contribution is 2.27. The lowest BCUT2D eigenvalue weighted by Crippen LogP contribution is -2.13. The first-order valence-corrected chi connectivity index (χ1v) is 7.21. The van der Waals surface area contributed by atoms with Crippen molar-refractivity contribution in [2.75, 3.05) is 6.54 Å². The first kappa shape index (κ1) is 14.3. The molecule has 0 saturated heterocycles. The first-order chi connectivity index (χ1) is 9.02. The van der Waals surface area contributed by atoms with Crippen molar-refractivity contribution >= 4 is 22.5 Å². The number of aromatic nitrogens is 1. The van der Waals surface area contributed by atoms with Gasteiger partial charge in [0, 0.05) is 22.6 Å². The highest BCUT2D eigenvalue weighted by atomic mass is 35.5. The minimum absolute atomic E-state index is 0.430. The van der Waals surface area contributed by atoms with E-state index < -0.39 is 0 Å². The van der Waals surface area contributed by atoms with E-state index in [9.17, 15) is 0 Å². The van der Waals surface area contributed by atoms with Gasteiger partial charge in [-0.2, -0.15) is 0 Å². The highest BCUT2D eigenvalue weighted by Gasteiger charge is 2.11. The van der Waals surface area contributed by atoms with Crippen molar-refractivity contribution in [3.05, 3.63) is 40.0 Å². The summed E-state index contributed by atoms with van der Waals surface area (Å²) in [7, 11) is 0. The van der Waals surface area contributed by atoms with Crippen LogP contribution in [0, 0.1) is 6.92 Å². The van der Waals surface area contributed by atoms with E-state index in [-0.39, 0.29) is 0 Å². The normalized spacial score (nSPS) is 11.5. The summed E-state index contributed by atoms with van der Waals surface area (Å²) < 4.78 is 0. The molecule has 1 heterocycles. The molecule has 0 atom stereocenters. The second-order valence-corrected chi connectivity index (χ2v) is 5.70. The van der Waals surface area contributed by atoms with Crippen LogP contribution in [0.4, 0.5) is 0 Å². The van der Waals surface area contributed by atoms with E-state index in [1.165, 1.54) is 5.56 Å². The predicted molar refractivity (Wildman–Crippen MR) is 83.0 cm³/mol. The van der Waals surface area contributed by atoms with Gasteiger partial charge in [-0.05, 0) is 48.7 Å². The summed E-state index contributed by atoms with van der Waals surface area (Å²) in [5.41, 5.74) is 4.64. The third-order valence-corrected chi connectivity index (χ3v) is 3.55. The minimum atomic E-state index is 0.430. The average molecular weight is 277 g/mol. The summed E-state index contributed by atoms with van der Waals surface area (Å²) in [5.74, 6) is 0.430. The van der Waals surface area contributed by atoms with Gasteiger partial charge in [0.15, 0.2) is 0 Å². The van der Waals surface area contributed by atoms with E-state index >= 15 is 0 Å². The van der Waals surface area contributed by atoms with Crippen LogP contribution in [-0.2, 0) is 6.54 Å². The fraction of sp³-hybridized carbons (Fsp3) is 0.438. The molecule has 0 radical (unpaired) electrons. The Morgan fingerprint density at radius 3 is 2.63 bits per heavy atom. The molecule has 0 saturated carbocycles. The highest BCUT2D eigenvalue weighted by molar-refractivity contribution is 6.31. The molecule has 0 unspecified atom stereocenters. The van der Waals surface area contributed by atoms with Gasteiger partial charge in [-0.25, -0.2) is 0 Å². The number of pyridine rings is 1. The van der Waals surface area contributed by atoms with Crippen LogP contribution in [0.15, 0.2) is 18.2 Å². The molecule has 0 bridgehead atoms. The number of hydrogen-bond donors (Lipinski definition) is 1. The molecule has 0 fully saturated rings. The summed E-state index contributed by atoms with van der Waals surface area (Å²) in [6.45, 7) is 10.4. The lowest BCUT2D eigenvalue weighted by molar-refractivity contribution is 0.726. The molecule has 3 heteroatoms. The lowest BCUT2D eigenvalue weighted by atomic mass is 10.0. The minimum Gasteiger partial charge on any atom is -0.313 e. The van der Waals surface area contributed by atoms with Crippen molar-refractivity contribution in [1.29, 1.82) is 0 Å². The van der Waals surface area contributed by atoms with Crippen molar-refractivity contribution < 1.29 is 0 Å². The van der Waals surface area contributed by atoms with Gasteiger partial charge >= 0.3 is 0 Å². The maximum Gasteiger partial charge on any atom is 0.0738 e. The largest absolute Gasteiger partial charge is 0.313 e. The van der Waals surface area contributed by atoms with Crippen molar-refractivity contribution in [2.24, 2.45) is 0 Å². The van der Waals surface area contributed by atoms with Crippen LogP contribution in [-0.4, -0.2) is 11.5 Å². The molecule has 0 aliphatic carbocycles. The average Bonchev–Trinajstić information content (AvgIpc) is 2.35. The number of hydrogen-bond acceptors (Lipinski definition) is 2. The SMILES string of the molecule is CCNCc1cc(C(C)C)nc2c(C)cc(Cl)cc12. The smallest absolute Gasteiger partial charge is 0.0738 e. The van der Waals surface area contributed by atoms with Crippen LogP contribution in [0.2, 0.25) is 5.02 Å². The van der Waals surface area contributed by atoms with Gasteiger partial charge in [-0.1, -0.05) is 32.4 Å². The summed E-state index contributed by atoms with van der Waals surface area (Å²) >= 11 is 6.18. The summed E-state index contributed by atoms with van der Waals surface area (Å²) in [6.07, 6.45) is 0. The molecule has 19 heavy (non-hydrogen) atoms. The Hall–Kier alpha value is -1.12. The van der Waals surface area contributed by atoms with E-state index in [4.69, 9.17) is 16.6 Å². The Bertz CT molecular complexity index is 591. The molecule has 0 spiro atoms. The van der Waals surface area contributed by atoms with E-state index in [2.05, 4.69) is 39.1 Å². The second-order valence-electron chi connectivity index (χ2n) is 5.26. The zero-order valence-electron chi connectivity index (χ0n) is 12.0. The molecule has 1 N–H and O–H groups in total. The Labute approximate surface area is 120 Å². The molecular formula is C16H21ClN2. The van der Waals surface area contributed by atoms with Crippen molar-refractivity contribution in [3.8, 4) is 0 Å². The maximum atomic E-state index is 6.18. The molecule has 2 aromatic rings. The summed E-state index contributed by atoms with van der Waals surface area (Å²) in [4.78, 5) is 4.80. The van der Waals surface area contributed by atoms with E-state index in [0.717, 1.165) is 40.3 Å². The molecule has 2 nitrogen and oxygen atoms in total. The monoisotopic (exact) mass is 276 g/mol. The van der Waals surface area contributed by atoms with Crippen LogP contribution in [0.3, 0.4) is 0 Å². The van der Waals surface area contributed by atoms with Crippen LogP contribution in [0.25, 0.3) is 10.9 Å². The molecule has 0 aliphatic heterocycles. The van der Waals surface area contributed by atoms with Gasteiger partial charge < -0.3 is 5.32 Å². The van der Waals surface area contributed by atoms with Gasteiger partial charge in [-0.3, -0.25) is 4.98 Å². The van der Waals surface area contributed by atoms with Crippen LogP contribution in [0.1, 0.15) is 43.5 Å². The third kappa shape index (κ3) is 3.07. The molecule has 0 aliphatic rings. The number of aryl methyl sites for hydroxylation is 1. The molecule has 2 rings (SSSR count). The van der Waals surface area contributed by atoms with Gasteiger partial charge in [0.1, 0.15) is 0 Å². The fourth-order valence-corrected chi connectivity index (χ4v) is 2.52. The van der Waals surface area contributed by atoms with Gasteiger partial charge in [-0.15, -0.1) is 0 Å². The van der Waals surface area contributed by atoms with E-state index in [1.54, 1.807) is 0 Å². The summed E-state index contributed by atoms with van der Waals surface area (Å²) in [5, 5.41) is 5.33. The summed E-state index contributed by atoms with van der Waals surface area (Å²) in [6, 6.07) is 6.21. The number of benzene rings is 1. The van der Waals surface area contributed by atoms with Crippen molar-refractivity contribution in [1.82, 2.24) is 10.3 Å². The Kier molecular flexibility index (Phi) is 4.43. The Morgan fingerprint density at radius 1 is 1.26 bits per heavy atom. The molecule has 1 aromatic heterocycles. The van der Waals surface area contributed by atoms with Gasteiger partial charge in [0.2, 0.25) is 0 Å². The van der Waals surface area contributed by atoms with Crippen molar-refractivity contribution in [3.63, 3.8) is 0 Å². The lowest BCUT2D eigenvalue weighted by Gasteiger charge is -2.14. The number of fused-ring (bicyclic) bond motifs is 1. The number of halogens is 1. The first-order valence-electron chi connectivity index (χ1n) is 6.83. The predicted octanol–water partition coefficient (Wildman–Crippen LogP) is 4.43. The zero-order chi connectivity index (χ0) is 14.0. The topological polar surface area (TPSA) is 24.9 Å². The van der Waals surface area contributed by atoms with Gasteiger partial charge in [0.05, 0.1) is 5.52 Å². The molecule has 1 aromatic carbocycles. The Balaban J connectivity index is 2.67. The second kappa shape index (κ2) is 5.89. The van der Waals surface area contributed by atoms with E-state index in [1.807, 2.05) is 12.1 Å². The molecule has 0 amide bonds.